The highest BCUT2D eigenvalue weighted by Crippen LogP contribution is 2.16. The van der Waals surface area contributed by atoms with E-state index in [9.17, 15) is 14.4 Å². The quantitative estimate of drug-likeness (QED) is 0.131. The number of fused-ring (bicyclic) bond motifs is 1. The van der Waals surface area contributed by atoms with Crippen LogP contribution in [0.25, 0.3) is 11.2 Å². The summed E-state index contributed by atoms with van der Waals surface area (Å²) in [5.74, 6) is -0.880. The van der Waals surface area contributed by atoms with Crippen molar-refractivity contribution >= 4 is 29.1 Å². The minimum atomic E-state index is -0.682. The number of unbranched alkanes of at least 4 members (excludes halogenated alkanes) is 10. The molecule has 0 aliphatic rings. The van der Waals surface area contributed by atoms with Crippen molar-refractivity contribution in [1.29, 1.82) is 0 Å². The van der Waals surface area contributed by atoms with Crippen LogP contribution in [0.1, 0.15) is 111 Å². The van der Waals surface area contributed by atoms with Crippen LogP contribution in [0, 0.1) is 11.8 Å². The Labute approximate surface area is 244 Å². The third-order valence-corrected chi connectivity index (χ3v) is 7.71. The molecule has 0 saturated heterocycles. The second-order valence-corrected chi connectivity index (χ2v) is 11.2. The van der Waals surface area contributed by atoms with Gasteiger partial charge in [0, 0.05) is 18.9 Å². The van der Waals surface area contributed by atoms with E-state index in [0.29, 0.717) is 25.0 Å². The fourth-order valence-corrected chi connectivity index (χ4v) is 4.74. The molecule has 0 amide bonds. The molecule has 2 heterocycles. The van der Waals surface area contributed by atoms with Crippen molar-refractivity contribution in [2.75, 3.05) is 18.9 Å². The summed E-state index contributed by atoms with van der Waals surface area (Å²) >= 11 is 0. The Hall–Kier alpha value is -2.95. The highest BCUT2D eigenvalue weighted by Gasteiger charge is 2.22. The molecule has 0 spiro atoms. The van der Waals surface area contributed by atoms with Crippen LogP contribution in [0.3, 0.4) is 0 Å². The van der Waals surface area contributed by atoms with Crippen LogP contribution in [0.15, 0.2) is 11.1 Å². The van der Waals surface area contributed by atoms with Gasteiger partial charge in [-0.25, -0.2) is 4.98 Å². The maximum Gasteiger partial charge on any atom is 0.323 e. The van der Waals surface area contributed by atoms with Crippen molar-refractivity contribution in [3.8, 4) is 0 Å². The number of anilines is 1. The molecule has 2 rings (SSSR count). The largest absolute Gasteiger partial charge is 0.465 e. The van der Waals surface area contributed by atoms with E-state index >= 15 is 0 Å². The Bertz CT molecular complexity index is 1100. The molecule has 0 aromatic carbocycles. The van der Waals surface area contributed by atoms with Gasteiger partial charge in [0.25, 0.3) is 5.56 Å². The molecule has 0 radical (unpaired) electrons. The summed E-state index contributed by atoms with van der Waals surface area (Å²) in [6.45, 7) is 6.75. The van der Waals surface area contributed by atoms with Gasteiger partial charge in [-0.1, -0.05) is 91.4 Å². The van der Waals surface area contributed by atoms with Gasteiger partial charge in [0.1, 0.15) is 6.04 Å². The normalized spacial score (nSPS) is 13.7. The number of nitrogens with zero attached hydrogens (tertiary/aromatic N) is 3. The smallest absolute Gasteiger partial charge is 0.323 e. The molecule has 0 fully saturated rings. The van der Waals surface area contributed by atoms with E-state index in [1.165, 1.54) is 57.7 Å². The third kappa shape index (κ3) is 12.6. The number of H-pyrrole nitrogens is 1. The summed E-state index contributed by atoms with van der Waals surface area (Å²) in [6.07, 6.45) is 16.5. The molecule has 0 aliphatic carbocycles. The van der Waals surface area contributed by atoms with Crippen molar-refractivity contribution in [2.45, 2.75) is 123 Å². The zero-order chi connectivity index (χ0) is 30.0. The number of ether oxygens (including phenoxy) is 2. The Balaban J connectivity index is 1.82. The lowest BCUT2D eigenvalue weighted by Crippen LogP contribution is -2.38. The van der Waals surface area contributed by atoms with E-state index in [1.54, 1.807) is 4.57 Å². The number of rotatable bonds is 22. The number of nitrogen functional groups attached to an aromatic ring is 1. The van der Waals surface area contributed by atoms with Crippen molar-refractivity contribution in [3.63, 3.8) is 0 Å². The molecule has 2 aromatic rings. The maximum absolute atomic E-state index is 12.5. The zero-order valence-electron chi connectivity index (χ0n) is 25.4. The number of hydrogen-bond donors (Lipinski definition) is 3. The van der Waals surface area contributed by atoms with Gasteiger partial charge in [0.15, 0.2) is 11.2 Å². The summed E-state index contributed by atoms with van der Waals surface area (Å²) in [6, 6.07) is -0.682. The molecular weight excluding hydrogens is 524 g/mol. The SMILES string of the molecule is CCCCCCCCCCCCCC(=O)OC[C@H](CCOC(=O)[C@@H](N)[C@@H](C)CC)Cn1cnc2c(=O)[nH]c(N)nc21. The number of hydrogen-bond acceptors (Lipinski definition) is 9. The monoisotopic (exact) mass is 576 g/mol. The summed E-state index contributed by atoms with van der Waals surface area (Å²) in [7, 11) is 0. The first-order chi connectivity index (χ1) is 19.8. The molecule has 0 unspecified atom stereocenters. The summed E-state index contributed by atoms with van der Waals surface area (Å²) < 4.78 is 12.8. The second-order valence-electron chi connectivity index (χ2n) is 11.2. The molecule has 0 bridgehead atoms. The van der Waals surface area contributed by atoms with E-state index in [2.05, 4.69) is 21.9 Å². The number of aromatic nitrogens is 4. The van der Waals surface area contributed by atoms with Crippen LogP contribution in [-0.4, -0.2) is 50.7 Å². The van der Waals surface area contributed by atoms with Crippen molar-refractivity contribution in [2.24, 2.45) is 17.6 Å². The Morgan fingerprint density at radius 2 is 1.63 bits per heavy atom. The van der Waals surface area contributed by atoms with Crippen LogP contribution >= 0.6 is 0 Å². The van der Waals surface area contributed by atoms with Crippen molar-refractivity contribution in [1.82, 2.24) is 19.5 Å². The van der Waals surface area contributed by atoms with Gasteiger partial charge in [-0.3, -0.25) is 19.4 Å². The number of carbonyl (C=O) groups excluding carboxylic acids is 2. The minimum absolute atomic E-state index is 0.00726. The van der Waals surface area contributed by atoms with Gasteiger partial charge in [-0.05, 0) is 18.8 Å². The first-order valence-corrected chi connectivity index (χ1v) is 15.5. The van der Waals surface area contributed by atoms with Gasteiger partial charge in [-0.15, -0.1) is 0 Å². The molecule has 5 N–H and O–H groups in total. The van der Waals surface area contributed by atoms with Crippen molar-refractivity contribution < 1.29 is 19.1 Å². The summed E-state index contributed by atoms with van der Waals surface area (Å²) in [5.41, 5.74) is 11.8. The van der Waals surface area contributed by atoms with E-state index in [1.807, 2.05) is 13.8 Å². The Morgan fingerprint density at radius 1 is 1.00 bits per heavy atom. The molecule has 11 heteroatoms. The highest BCUT2D eigenvalue weighted by atomic mass is 16.5. The van der Waals surface area contributed by atoms with E-state index < -0.39 is 17.6 Å². The first kappa shape index (κ1) is 34.3. The average Bonchev–Trinajstić information content (AvgIpc) is 3.35. The number of nitrogens with two attached hydrogens (primary N) is 2. The number of carbonyl (C=O) groups is 2. The molecule has 0 aliphatic heterocycles. The van der Waals surface area contributed by atoms with Crippen LogP contribution in [0.5, 0.6) is 0 Å². The minimum Gasteiger partial charge on any atom is -0.465 e. The molecule has 11 nitrogen and oxygen atoms in total. The highest BCUT2D eigenvalue weighted by molar-refractivity contribution is 5.75. The fraction of sp³-hybridized carbons (Fsp3) is 0.767. The number of nitrogens with one attached hydrogen (secondary N) is 1. The van der Waals surface area contributed by atoms with Crippen molar-refractivity contribution in [3.05, 3.63) is 16.7 Å². The molecule has 41 heavy (non-hydrogen) atoms. The van der Waals surface area contributed by atoms with Crippen LogP contribution in [0.2, 0.25) is 0 Å². The Kier molecular flexibility index (Phi) is 16.1. The predicted molar refractivity (Wildman–Crippen MR) is 161 cm³/mol. The van der Waals surface area contributed by atoms with Gasteiger partial charge in [-0.2, -0.15) is 4.98 Å². The maximum atomic E-state index is 12.5. The lowest BCUT2D eigenvalue weighted by atomic mass is 10.0. The van der Waals surface area contributed by atoms with E-state index in [0.717, 1.165) is 25.7 Å². The van der Waals surface area contributed by atoms with Gasteiger partial charge in [0.2, 0.25) is 5.95 Å². The fourth-order valence-electron chi connectivity index (χ4n) is 4.74. The molecular formula is C30H52N6O5. The van der Waals surface area contributed by atoms with E-state index in [-0.39, 0.29) is 42.5 Å². The molecule has 2 aromatic heterocycles. The number of aromatic amines is 1. The Morgan fingerprint density at radius 3 is 2.27 bits per heavy atom. The van der Waals surface area contributed by atoms with Gasteiger partial charge >= 0.3 is 11.9 Å². The van der Waals surface area contributed by atoms with E-state index in [4.69, 9.17) is 20.9 Å². The van der Waals surface area contributed by atoms with Crippen LogP contribution in [0.4, 0.5) is 5.95 Å². The topological polar surface area (TPSA) is 168 Å². The first-order valence-electron chi connectivity index (χ1n) is 15.5. The molecule has 3 atom stereocenters. The lowest BCUT2D eigenvalue weighted by molar-refractivity contribution is -0.149. The third-order valence-electron chi connectivity index (χ3n) is 7.71. The summed E-state index contributed by atoms with van der Waals surface area (Å²) in [4.78, 5) is 47.8. The summed E-state index contributed by atoms with van der Waals surface area (Å²) in [5, 5.41) is 0. The lowest BCUT2D eigenvalue weighted by Gasteiger charge is -2.20. The predicted octanol–water partition coefficient (Wildman–Crippen LogP) is 4.87. The second kappa shape index (κ2) is 19.2. The standard InChI is InChI=1S/C30H52N6O5/c1-4-6-7-8-9-10-11-12-13-14-15-16-24(37)41-20-23(17-18-40-29(39)25(31)22(3)5-2)19-36-21-33-26-27(36)34-30(32)35-28(26)38/h21-23,25H,4-20,31H2,1-3H3,(H3,32,34,35,38)/t22-,23+,25-/m0/s1. The van der Waals surface area contributed by atoms with Gasteiger partial charge < -0.3 is 25.5 Å². The number of esters is 2. The molecule has 0 saturated carbocycles. The number of imidazole rings is 1. The average molecular weight is 577 g/mol. The van der Waals surface area contributed by atoms with Crippen LogP contribution in [-0.2, 0) is 25.6 Å². The zero-order valence-corrected chi connectivity index (χ0v) is 25.4. The van der Waals surface area contributed by atoms with Gasteiger partial charge in [0.05, 0.1) is 19.5 Å². The molecule has 232 valence electrons. The van der Waals surface area contributed by atoms with Crippen LogP contribution < -0.4 is 17.0 Å².